The molecule has 2 aromatic rings. The number of rotatable bonds is 5. The highest BCUT2D eigenvalue weighted by molar-refractivity contribution is 5.56. The Bertz CT molecular complexity index is 820. The molecule has 1 N–H and O–H groups in total. The maximum Gasteiger partial charge on any atom is 0.422 e. The molecule has 1 aliphatic heterocycles. The monoisotopic (exact) mass is 407 g/mol. The molecule has 0 atom stereocenters. The van der Waals surface area contributed by atoms with Crippen molar-refractivity contribution in [1.29, 1.82) is 0 Å². The molecule has 0 aliphatic carbocycles. The van der Waals surface area contributed by atoms with Crippen LogP contribution >= 0.6 is 0 Å². The van der Waals surface area contributed by atoms with Gasteiger partial charge in [0.1, 0.15) is 0 Å². The van der Waals surface area contributed by atoms with E-state index in [1.54, 1.807) is 4.90 Å². The van der Waals surface area contributed by atoms with Crippen LogP contribution in [0.25, 0.3) is 0 Å². The predicted molar refractivity (Wildman–Crippen MR) is 87.6 cm³/mol. The molecule has 0 saturated carbocycles. The van der Waals surface area contributed by atoms with Gasteiger partial charge < -0.3 is 15.0 Å². The van der Waals surface area contributed by atoms with E-state index in [1.807, 2.05) is 0 Å². The summed E-state index contributed by atoms with van der Waals surface area (Å²) < 4.78 is 80.4. The Labute approximate surface area is 155 Å². The molecule has 1 saturated heterocycles. The van der Waals surface area contributed by atoms with Crippen LogP contribution < -0.4 is 15.0 Å². The van der Waals surface area contributed by atoms with Gasteiger partial charge in [-0.2, -0.15) is 41.3 Å². The highest BCUT2D eigenvalue weighted by Gasteiger charge is 2.31. The van der Waals surface area contributed by atoms with E-state index >= 15 is 0 Å². The smallest absolute Gasteiger partial charge is 0.422 e. The Hall–Kier alpha value is -2.79. The van der Waals surface area contributed by atoms with Crippen molar-refractivity contribution >= 4 is 17.6 Å². The Balaban J connectivity index is 1.87. The number of hydrogen-bond donors (Lipinski definition) is 1. The fraction of sp³-hybridized carbons (Fsp3) is 0.438. The zero-order chi connectivity index (χ0) is 20.4. The maximum absolute atomic E-state index is 12.8. The van der Waals surface area contributed by atoms with Gasteiger partial charge in [-0.25, -0.2) is 0 Å². The summed E-state index contributed by atoms with van der Waals surface area (Å²) in [6.07, 6.45) is -7.41. The molecule has 1 aromatic carbocycles. The van der Waals surface area contributed by atoms with Crippen LogP contribution in [0, 0.1) is 0 Å². The molecular formula is C16H15F6N5O. The molecule has 1 aromatic heterocycles. The summed E-state index contributed by atoms with van der Waals surface area (Å²) in [4.78, 5) is 13.4. The summed E-state index contributed by atoms with van der Waals surface area (Å²) in [6.45, 7) is -0.392. The predicted octanol–water partition coefficient (Wildman–Crippen LogP) is 4.18. The zero-order valence-corrected chi connectivity index (χ0v) is 14.3. The maximum atomic E-state index is 12.8. The van der Waals surface area contributed by atoms with Crippen LogP contribution in [0.4, 0.5) is 43.9 Å². The lowest BCUT2D eigenvalue weighted by molar-refractivity contribution is -0.154. The molecule has 0 radical (unpaired) electrons. The minimum Gasteiger partial charge on any atom is -0.454 e. The number of alkyl halides is 6. The molecule has 0 bridgehead atoms. The van der Waals surface area contributed by atoms with Crippen molar-refractivity contribution in [3.8, 4) is 6.01 Å². The molecule has 0 spiro atoms. The molecule has 6 nitrogen and oxygen atoms in total. The number of aromatic nitrogens is 3. The van der Waals surface area contributed by atoms with E-state index in [-0.39, 0.29) is 17.6 Å². The van der Waals surface area contributed by atoms with Crippen molar-refractivity contribution < 1.29 is 31.1 Å². The number of halogens is 6. The molecule has 12 heteroatoms. The molecule has 1 fully saturated rings. The van der Waals surface area contributed by atoms with Gasteiger partial charge in [-0.3, -0.25) is 0 Å². The third kappa shape index (κ3) is 5.36. The lowest BCUT2D eigenvalue weighted by atomic mass is 10.2. The van der Waals surface area contributed by atoms with Crippen LogP contribution in [0.2, 0.25) is 0 Å². The van der Waals surface area contributed by atoms with Crippen LogP contribution in [0.3, 0.4) is 0 Å². The second-order valence-electron chi connectivity index (χ2n) is 6.04. The first-order chi connectivity index (χ1) is 13.1. The fourth-order valence-corrected chi connectivity index (χ4v) is 2.57. The summed E-state index contributed by atoms with van der Waals surface area (Å²) in [5.74, 6) is -0.118. The summed E-state index contributed by atoms with van der Waals surface area (Å²) in [7, 11) is 0. The molecule has 28 heavy (non-hydrogen) atoms. The largest absolute Gasteiger partial charge is 0.454 e. The fourth-order valence-electron chi connectivity index (χ4n) is 2.57. The molecular weight excluding hydrogens is 392 g/mol. The van der Waals surface area contributed by atoms with Gasteiger partial charge >= 0.3 is 18.4 Å². The van der Waals surface area contributed by atoms with Gasteiger partial charge in [-0.05, 0) is 31.0 Å². The number of hydrogen-bond acceptors (Lipinski definition) is 6. The molecule has 0 unspecified atom stereocenters. The average molecular weight is 407 g/mol. The van der Waals surface area contributed by atoms with Crippen molar-refractivity contribution in [2.45, 2.75) is 25.2 Å². The number of benzene rings is 1. The second kappa shape index (κ2) is 7.68. The number of ether oxygens (including phenoxy) is 1. The standard InChI is InChI=1S/C16H15F6N5O/c17-15(18,19)9-28-14-25-12(24-13(26-14)27-6-1-2-7-27)23-11-5-3-4-10(8-11)16(20,21)22/h3-5,8H,1-2,6-7,9H2,(H,23,24,25,26). The van der Waals surface area contributed by atoms with Gasteiger partial charge in [-0.1, -0.05) is 6.07 Å². The van der Waals surface area contributed by atoms with E-state index in [2.05, 4.69) is 25.0 Å². The third-order valence-corrected chi connectivity index (χ3v) is 3.80. The summed E-state index contributed by atoms with van der Waals surface area (Å²) in [5.41, 5.74) is -0.866. The highest BCUT2D eigenvalue weighted by Crippen LogP contribution is 2.31. The molecule has 2 heterocycles. The number of nitrogens with zero attached hydrogens (tertiary/aromatic N) is 4. The molecule has 0 amide bonds. The first kappa shape index (κ1) is 20.0. The third-order valence-electron chi connectivity index (χ3n) is 3.80. The van der Waals surface area contributed by atoms with Crippen LogP contribution in [0.15, 0.2) is 24.3 Å². The topological polar surface area (TPSA) is 63.2 Å². The Morgan fingerprint density at radius 1 is 1.00 bits per heavy atom. The van der Waals surface area contributed by atoms with Gasteiger partial charge in [0.25, 0.3) is 0 Å². The van der Waals surface area contributed by atoms with Crippen LogP contribution in [-0.4, -0.2) is 40.8 Å². The summed E-state index contributed by atoms with van der Waals surface area (Å²) in [5, 5.41) is 2.57. The van der Waals surface area contributed by atoms with Crippen molar-refractivity contribution in [3.05, 3.63) is 29.8 Å². The van der Waals surface area contributed by atoms with Crippen molar-refractivity contribution in [3.63, 3.8) is 0 Å². The Morgan fingerprint density at radius 2 is 1.71 bits per heavy atom. The lowest BCUT2D eigenvalue weighted by Crippen LogP contribution is -2.23. The van der Waals surface area contributed by atoms with Gasteiger partial charge in [-0.15, -0.1) is 0 Å². The van der Waals surface area contributed by atoms with E-state index in [0.717, 1.165) is 25.0 Å². The van der Waals surface area contributed by atoms with E-state index < -0.39 is 30.5 Å². The molecule has 3 rings (SSSR count). The Morgan fingerprint density at radius 3 is 2.36 bits per heavy atom. The van der Waals surface area contributed by atoms with E-state index in [9.17, 15) is 26.3 Å². The summed E-state index contributed by atoms with van der Waals surface area (Å²) >= 11 is 0. The lowest BCUT2D eigenvalue weighted by Gasteiger charge is -2.17. The number of nitrogens with one attached hydrogen (secondary N) is 1. The first-order valence-electron chi connectivity index (χ1n) is 8.25. The van der Waals surface area contributed by atoms with Crippen molar-refractivity contribution in [2.75, 3.05) is 29.9 Å². The SMILES string of the molecule is FC(F)(F)COc1nc(Nc2cccc(C(F)(F)F)c2)nc(N2CCCC2)n1. The highest BCUT2D eigenvalue weighted by atomic mass is 19.4. The average Bonchev–Trinajstić information content (AvgIpc) is 3.13. The van der Waals surface area contributed by atoms with Gasteiger partial charge in [0, 0.05) is 18.8 Å². The van der Waals surface area contributed by atoms with Gasteiger partial charge in [0.2, 0.25) is 11.9 Å². The first-order valence-corrected chi connectivity index (χ1v) is 8.25. The quantitative estimate of drug-likeness (QED) is 0.751. The van der Waals surface area contributed by atoms with Crippen LogP contribution in [-0.2, 0) is 6.18 Å². The van der Waals surface area contributed by atoms with E-state index in [1.165, 1.54) is 12.1 Å². The Kier molecular flexibility index (Phi) is 5.47. The second-order valence-corrected chi connectivity index (χ2v) is 6.04. The van der Waals surface area contributed by atoms with Gasteiger partial charge in [0.05, 0.1) is 5.56 Å². The number of anilines is 3. The minimum absolute atomic E-state index is 0.0233. The van der Waals surface area contributed by atoms with Crippen LogP contribution in [0.1, 0.15) is 18.4 Å². The van der Waals surface area contributed by atoms with Crippen molar-refractivity contribution in [2.24, 2.45) is 0 Å². The molecule has 1 aliphatic rings. The summed E-state index contributed by atoms with van der Waals surface area (Å²) in [6, 6.07) is 3.71. The zero-order valence-electron chi connectivity index (χ0n) is 14.3. The molecule has 152 valence electrons. The minimum atomic E-state index is -4.59. The van der Waals surface area contributed by atoms with Crippen molar-refractivity contribution in [1.82, 2.24) is 15.0 Å². The van der Waals surface area contributed by atoms with Crippen LogP contribution in [0.5, 0.6) is 6.01 Å². The normalized spacial score (nSPS) is 15.0. The van der Waals surface area contributed by atoms with Gasteiger partial charge in [0.15, 0.2) is 6.61 Å². The van der Waals surface area contributed by atoms with E-state index in [0.29, 0.717) is 13.1 Å². The van der Waals surface area contributed by atoms with E-state index in [4.69, 9.17) is 0 Å².